The van der Waals surface area contributed by atoms with E-state index in [2.05, 4.69) is 48.0 Å². The minimum Gasteiger partial charge on any atom is -0.488 e. The maximum atomic E-state index is 11.0. The van der Waals surface area contributed by atoms with Crippen LogP contribution in [0.1, 0.15) is 41.0 Å². The van der Waals surface area contributed by atoms with E-state index >= 15 is 0 Å². The molecule has 0 saturated carbocycles. The Kier molecular flexibility index (Phi) is 8.52. The highest BCUT2D eigenvalue weighted by molar-refractivity contribution is 7.59. The van der Waals surface area contributed by atoms with Gasteiger partial charge in [0.2, 0.25) is 0 Å². The lowest BCUT2D eigenvalue weighted by molar-refractivity contribution is -0.137. The fourth-order valence-electron chi connectivity index (χ4n) is 2.93. The van der Waals surface area contributed by atoms with Crippen molar-refractivity contribution >= 4 is 30.8 Å². The summed E-state index contributed by atoms with van der Waals surface area (Å²) >= 11 is 1.64. The van der Waals surface area contributed by atoms with E-state index in [1.807, 2.05) is 31.2 Å². The number of carboxylic acid groups (broad SMARTS) is 1. The summed E-state index contributed by atoms with van der Waals surface area (Å²) in [5.41, 5.74) is 4.19. The second-order valence-electron chi connectivity index (χ2n) is 6.80. The van der Waals surface area contributed by atoms with Gasteiger partial charge in [-0.2, -0.15) is 13.5 Å². The fourth-order valence-corrected chi connectivity index (χ4v) is 3.91. The number of aryl methyl sites for hydroxylation is 2. The molecular formula is C24H25NO3S2. The van der Waals surface area contributed by atoms with Crippen molar-refractivity contribution in [3.05, 3.63) is 70.2 Å². The number of carbonyl (C=O) groups is 1. The van der Waals surface area contributed by atoms with Gasteiger partial charge in [0.15, 0.2) is 0 Å². The number of aromatic nitrogens is 1. The van der Waals surface area contributed by atoms with Crippen LogP contribution < -0.4 is 4.74 Å². The van der Waals surface area contributed by atoms with Gasteiger partial charge >= 0.3 is 5.97 Å². The molecule has 0 bridgehead atoms. The average molecular weight is 440 g/mol. The molecule has 30 heavy (non-hydrogen) atoms. The highest BCUT2D eigenvalue weighted by Gasteiger charge is 2.14. The Hall–Kier alpha value is -2.75. The van der Waals surface area contributed by atoms with Crippen LogP contribution in [0.2, 0.25) is 0 Å². The van der Waals surface area contributed by atoms with Gasteiger partial charge in [-0.25, -0.2) is 4.98 Å². The number of nitrogens with zero attached hydrogens (tertiary/aromatic N) is 1. The van der Waals surface area contributed by atoms with Gasteiger partial charge in [0.25, 0.3) is 0 Å². The van der Waals surface area contributed by atoms with E-state index in [9.17, 15) is 4.79 Å². The van der Waals surface area contributed by atoms with E-state index in [4.69, 9.17) is 9.84 Å². The van der Waals surface area contributed by atoms with Crippen LogP contribution in [0.25, 0.3) is 10.6 Å². The molecule has 0 amide bonds. The molecule has 0 aliphatic carbocycles. The van der Waals surface area contributed by atoms with Crippen LogP contribution in [0.4, 0.5) is 0 Å². The predicted octanol–water partition coefficient (Wildman–Crippen LogP) is 5.70. The van der Waals surface area contributed by atoms with Crippen LogP contribution in [0.5, 0.6) is 5.75 Å². The quantitative estimate of drug-likeness (QED) is 0.480. The molecule has 0 saturated heterocycles. The van der Waals surface area contributed by atoms with Crippen molar-refractivity contribution in [2.45, 2.75) is 39.7 Å². The van der Waals surface area contributed by atoms with Crippen LogP contribution in [0.15, 0.2) is 48.5 Å². The summed E-state index contributed by atoms with van der Waals surface area (Å²) in [6.07, 6.45) is -0.0110. The van der Waals surface area contributed by atoms with E-state index in [1.54, 1.807) is 18.3 Å². The first kappa shape index (κ1) is 23.5. The second-order valence-corrected chi connectivity index (χ2v) is 7.88. The first-order valence-corrected chi connectivity index (χ1v) is 10.2. The van der Waals surface area contributed by atoms with Crippen molar-refractivity contribution in [3.8, 4) is 28.2 Å². The maximum Gasteiger partial charge on any atom is 0.304 e. The van der Waals surface area contributed by atoms with Crippen molar-refractivity contribution in [2.75, 3.05) is 0 Å². The molecule has 156 valence electrons. The van der Waals surface area contributed by atoms with E-state index in [0.29, 0.717) is 6.61 Å². The molecule has 0 aliphatic heterocycles. The molecule has 0 aliphatic rings. The maximum absolute atomic E-state index is 11.0. The highest BCUT2D eigenvalue weighted by Crippen LogP contribution is 2.29. The SMILES string of the molecule is CC#C[C@@H](CC(=O)O)c1ccc(OCc2sc(-c3ccc(C)cc3)nc2C)cc1.S. The van der Waals surface area contributed by atoms with Crippen molar-refractivity contribution < 1.29 is 14.6 Å². The zero-order valence-corrected chi connectivity index (χ0v) is 19.0. The van der Waals surface area contributed by atoms with Crippen LogP contribution in [-0.4, -0.2) is 16.1 Å². The molecular weight excluding hydrogens is 414 g/mol. The Morgan fingerprint density at radius 2 is 1.80 bits per heavy atom. The molecule has 6 heteroatoms. The molecule has 0 unspecified atom stereocenters. The molecule has 0 radical (unpaired) electrons. The van der Waals surface area contributed by atoms with Crippen molar-refractivity contribution in [2.24, 2.45) is 0 Å². The summed E-state index contributed by atoms with van der Waals surface area (Å²) in [4.78, 5) is 16.8. The molecule has 1 heterocycles. The number of carboxylic acids is 1. The third-order valence-electron chi connectivity index (χ3n) is 4.54. The van der Waals surface area contributed by atoms with Crippen LogP contribution in [0.3, 0.4) is 0 Å². The molecule has 3 rings (SSSR count). The first-order valence-electron chi connectivity index (χ1n) is 9.36. The highest BCUT2D eigenvalue weighted by atomic mass is 32.1. The van der Waals surface area contributed by atoms with Gasteiger partial charge in [0, 0.05) is 5.56 Å². The van der Waals surface area contributed by atoms with Gasteiger partial charge in [0.1, 0.15) is 17.4 Å². The second kappa shape index (κ2) is 10.9. The largest absolute Gasteiger partial charge is 0.488 e. The molecule has 3 aromatic rings. The van der Waals surface area contributed by atoms with Gasteiger partial charge in [-0.15, -0.1) is 17.3 Å². The third kappa shape index (κ3) is 6.12. The Morgan fingerprint density at radius 1 is 1.13 bits per heavy atom. The monoisotopic (exact) mass is 439 g/mol. The van der Waals surface area contributed by atoms with E-state index in [-0.39, 0.29) is 25.8 Å². The summed E-state index contributed by atoms with van der Waals surface area (Å²) in [6, 6.07) is 15.8. The zero-order chi connectivity index (χ0) is 20.8. The van der Waals surface area contributed by atoms with Gasteiger partial charge in [-0.3, -0.25) is 4.79 Å². The number of hydrogen-bond acceptors (Lipinski definition) is 4. The van der Waals surface area contributed by atoms with E-state index in [1.165, 1.54) is 5.56 Å². The van der Waals surface area contributed by atoms with Crippen LogP contribution in [-0.2, 0) is 11.4 Å². The van der Waals surface area contributed by atoms with Crippen molar-refractivity contribution in [3.63, 3.8) is 0 Å². The Morgan fingerprint density at radius 3 is 2.40 bits per heavy atom. The Labute approximate surface area is 188 Å². The van der Waals surface area contributed by atoms with E-state index < -0.39 is 5.97 Å². The number of rotatable bonds is 7. The lowest BCUT2D eigenvalue weighted by Crippen LogP contribution is -2.04. The minimum absolute atomic E-state index is 0. The molecule has 0 fully saturated rings. The van der Waals surface area contributed by atoms with E-state index in [0.717, 1.165) is 32.5 Å². The van der Waals surface area contributed by atoms with Gasteiger partial charge in [-0.05, 0) is 38.5 Å². The fraction of sp³-hybridized carbons (Fsp3) is 0.250. The molecule has 2 aromatic carbocycles. The van der Waals surface area contributed by atoms with Gasteiger partial charge in [0.05, 0.1) is 22.9 Å². The lowest BCUT2D eigenvalue weighted by Gasteiger charge is -2.10. The number of thiazole rings is 1. The summed E-state index contributed by atoms with van der Waals surface area (Å²) in [5, 5.41) is 10.1. The van der Waals surface area contributed by atoms with Crippen molar-refractivity contribution in [1.29, 1.82) is 0 Å². The molecule has 0 spiro atoms. The summed E-state index contributed by atoms with van der Waals surface area (Å²) in [6.45, 7) is 6.23. The van der Waals surface area contributed by atoms with Crippen molar-refractivity contribution in [1.82, 2.24) is 4.98 Å². The average Bonchev–Trinajstić information content (AvgIpc) is 3.07. The summed E-state index contributed by atoms with van der Waals surface area (Å²) in [5.74, 6) is 5.33. The summed E-state index contributed by atoms with van der Waals surface area (Å²) in [7, 11) is 0. The number of aliphatic carboxylic acids is 1. The molecule has 1 atom stereocenters. The number of hydrogen-bond donors (Lipinski definition) is 1. The predicted molar refractivity (Wildman–Crippen MR) is 127 cm³/mol. The standard InChI is InChI=1S/C24H23NO3S.H2S/c1-4-5-20(14-23(26)27)18-10-12-21(13-11-18)28-15-22-17(3)25-24(29-22)19-8-6-16(2)7-9-19;/h6-13,20H,14-15H2,1-3H3,(H,26,27);1H2/t20-;/m0./s1. The number of ether oxygens (including phenoxy) is 1. The smallest absolute Gasteiger partial charge is 0.304 e. The Bertz CT molecular complexity index is 1040. The Balaban J connectivity index is 0.00000320. The number of benzene rings is 2. The molecule has 1 N–H and O–H groups in total. The molecule has 4 nitrogen and oxygen atoms in total. The lowest BCUT2D eigenvalue weighted by atomic mass is 9.96. The topological polar surface area (TPSA) is 59.4 Å². The van der Waals surface area contributed by atoms with Crippen LogP contribution in [0, 0.1) is 25.7 Å². The normalized spacial score (nSPS) is 11.0. The summed E-state index contributed by atoms with van der Waals surface area (Å²) < 4.78 is 5.94. The first-order chi connectivity index (χ1) is 14.0. The zero-order valence-electron chi connectivity index (χ0n) is 17.2. The third-order valence-corrected chi connectivity index (χ3v) is 5.72. The minimum atomic E-state index is -0.858. The van der Waals surface area contributed by atoms with Gasteiger partial charge < -0.3 is 9.84 Å². The van der Waals surface area contributed by atoms with Crippen LogP contribution >= 0.6 is 24.8 Å². The van der Waals surface area contributed by atoms with Gasteiger partial charge in [-0.1, -0.05) is 47.9 Å². The molecule has 1 aromatic heterocycles.